The lowest BCUT2D eigenvalue weighted by molar-refractivity contribution is 1.18. The molecule has 2 heterocycles. The molecule has 0 radical (unpaired) electrons. The third-order valence-electron chi connectivity index (χ3n) is 7.84. The molecule has 186 valence electrons. The summed E-state index contributed by atoms with van der Waals surface area (Å²) in [5.74, 6) is 0. The molecule has 2 nitrogen and oxygen atoms in total. The fourth-order valence-electron chi connectivity index (χ4n) is 6.10. The van der Waals surface area contributed by atoms with E-state index in [1.807, 2.05) is 29.5 Å². The van der Waals surface area contributed by atoms with E-state index in [4.69, 9.17) is 0 Å². The lowest BCUT2D eigenvalue weighted by Crippen LogP contribution is -1.99. The maximum absolute atomic E-state index is 10.3. The van der Waals surface area contributed by atoms with E-state index in [1.165, 1.54) is 30.9 Å². The highest BCUT2D eigenvalue weighted by atomic mass is 32.1. The summed E-state index contributed by atoms with van der Waals surface area (Å²) in [5.41, 5.74) is 8.22. The van der Waals surface area contributed by atoms with Crippen LogP contribution in [0, 0.1) is 11.3 Å². The van der Waals surface area contributed by atoms with Crippen LogP contribution in [0.4, 0.5) is 0 Å². The maximum Gasteiger partial charge on any atom is 0.0998 e. The van der Waals surface area contributed by atoms with Gasteiger partial charge in [-0.15, -0.1) is 11.3 Å². The number of rotatable bonds is 3. The Morgan fingerprint density at radius 2 is 1.27 bits per heavy atom. The first kappa shape index (κ1) is 22.8. The molecule has 0 saturated carbocycles. The molecule has 3 heteroatoms. The minimum atomic E-state index is 0.664. The topological polar surface area (TPSA) is 28.7 Å². The molecule has 0 aliphatic heterocycles. The normalized spacial score (nSPS) is 11.5. The van der Waals surface area contributed by atoms with E-state index in [0.717, 1.165) is 39.0 Å². The first-order chi connectivity index (χ1) is 19.8. The smallest absolute Gasteiger partial charge is 0.0998 e. The summed E-state index contributed by atoms with van der Waals surface area (Å²) in [6.07, 6.45) is 0. The zero-order valence-corrected chi connectivity index (χ0v) is 22.3. The molecule has 6 aromatic carbocycles. The van der Waals surface area contributed by atoms with Crippen molar-refractivity contribution in [1.82, 2.24) is 4.57 Å². The summed E-state index contributed by atoms with van der Waals surface area (Å²) in [5, 5.41) is 15.4. The zero-order valence-electron chi connectivity index (χ0n) is 21.5. The third kappa shape index (κ3) is 3.34. The molecule has 0 spiro atoms. The molecule has 0 bridgehead atoms. The summed E-state index contributed by atoms with van der Waals surface area (Å²) >= 11 is 1.86. The van der Waals surface area contributed by atoms with E-state index in [-0.39, 0.29) is 0 Å². The van der Waals surface area contributed by atoms with Gasteiger partial charge in [-0.05, 0) is 53.1 Å². The van der Waals surface area contributed by atoms with Crippen molar-refractivity contribution in [2.24, 2.45) is 0 Å². The first-order valence-electron chi connectivity index (χ1n) is 13.3. The van der Waals surface area contributed by atoms with Crippen molar-refractivity contribution in [3.05, 3.63) is 139 Å². The Hall–Kier alpha value is -5.17. The fraction of sp³-hybridized carbons (Fsp3) is 0. The lowest BCUT2D eigenvalue weighted by Gasteiger charge is -2.16. The number of nitriles is 1. The molecule has 8 rings (SSSR count). The summed E-state index contributed by atoms with van der Waals surface area (Å²) in [4.78, 5) is 0. The molecule has 8 aromatic rings. The van der Waals surface area contributed by atoms with Gasteiger partial charge in [0.1, 0.15) is 0 Å². The van der Waals surface area contributed by atoms with Gasteiger partial charge in [-0.25, -0.2) is 0 Å². The average molecular weight is 527 g/mol. The van der Waals surface area contributed by atoms with E-state index in [0.29, 0.717) is 5.56 Å². The number of para-hydroxylation sites is 1. The van der Waals surface area contributed by atoms with Crippen LogP contribution in [0.5, 0.6) is 0 Å². The van der Waals surface area contributed by atoms with Crippen molar-refractivity contribution in [3.63, 3.8) is 0 Å². The van der Waals surface area contributed by atoms with Gasteiger partial charge in [0.15, 0.2) is 0 Å². The summed E-state index contributed by atoms with van der Waals surface area (Å²) < 4.78 is 4.95. The molecule has 2 aromatic heterocycles. The highest BCUT2D eigenvalue weighted by Crippen LogP contribution is 2.44. The second-order valence-corrected chi connectivity index (χ2v) is 11.1. The molecule has 0 unspecified atom stereocenters. The van der Waals surface area contributed by atoms with Crippen molar-refractivity contribution in [3.8, 4) is 34.0 Å². The van der Waals surface area contributed by atoms with Crippen LogP contribution in [0.1, 0.15) is 5.56 Å². The second-order valence-electron chi connectivity index (χ2n) is 10.0. The van der Waals surface area contributed by atoms with E-state index in [1.54, 1.807) is 0 Å². The molecule has 0 aliphatic carbocycles. The van der Waals surface area contributed by atoms with E-state index >= 15 is 0 Å². The van der Waals surface area contributed by atoms with Gasteiger partial charge in [0.2, 0.25) is 0 Å². The van der Waals surface area contributed by atoms with Crippen LogP contribution < -0.4 is 0 Å². The highest BCUT2D eigenvalue weighted by Gasteiger charge is 2.20. The number of hydrogen-bond donors (Lipinski definition) is 0. The Labute approximate surface area is 235 Å². The Balaban J connectivity index is 1.47. The number of fused-ring (bicyclic) bond motifs is 7. The number of hydrogen-bond acceptors (Lipinski definition) is 2. The van der Waals surface area contributed by atoms with Gasteiger partial charge in [0.05, 0.1) is 28.4 Å². The number of nitrogens with zero attached hydrogens (tertiary/aromatic N) is 2. The number of thiophene rings is 1. The fourth-order valence-corrected chi connectivity index (χ4v) is 7.36. The minimum Gasteiger partial charge on any atom is -0.309 e. The Kier molecular flexibility index (Phi) is 5.10. The van der Waals surface area contributed by atoms with Gasteiger partial charge in [0, 0.05) is 36.5 Å². The maximum atomic E-state index is 10.3. The predicted octanol–water partition coefficient (Wildman–Crippen LogP) is 10.4. The van der Waals surface area contributed by atoms with Crippen LogP contribution in [0.25, 0.3) is 69.9 Å². The molecule has 0 atom stereocenters. The van der Waals surface area contributed by atoms with Crippen molar-refractivity contribution in [1.29, 1.82) is 5.26 Å². The SMILES string of the molecule is N#Cc1cccc(-n2c3ccccc3c3c4sc5ccccc5c4ccc32)c1-c1cccc(-c2ccccc2)c1. The molecule has 0 fully saturated rings. The van der Waals surface area contributed by atoms with Gasteiger partial charge in [-0.1, -0.05) is 97.1 Å². The molecular weight excluding hydrogens is 504 g/mol. The predicted molar refractivity (Wildman–Crippen MR) is 169 cm³/mol. The summed E-state index contributed by atoms with van der Waals surface area (Å²) in [6.45, 7) is 0. The van der Waals surface area contributed by atoms with Gasteiger partial charge in [0.25, 0.3) is 0 Å². The highest BCUT2D eigenvalue weighted by molar-refractivity contribution is 7.26. The summed E-state index contributed by atoms with van der Waals surface area (Å²) in [6, 6.07) is 49.3. The largest absolute Gasteiger partial charge is 0.309 e. The van der Waals surface area contributed by atoms with Gasteiger partial charge >= 0.3 is 0 Å². The molecule has 0 N–H and O–H groups in total. The summed E-state index contributed by atoms with van der Waals surface area (Å²) in [7, 11) is 0. The average Bonchev–Trinajstić information content (AvgIpc) is 3.57. The zero-order chi connectivity index (χ0) is 26.6. The van der Waals surface area contributed by atoms with E-state index < -0.39 is 0 Å². The van der Waals surface area contributed by atoms with Crippen molar-refractivity contribution in [2.75, 3.05) is 0 Å². The Bertz CT molecular complexity index is 2280. The molecule has 0 amide bonds. The van der Waals surface area contributed by atoms with Crippen LogP contribution in [0.3, 0.4) is 0 Å². The lowest BCUT2D eigenvalue weighted by atomic mass is 9.94. The molecule has 0 aliphatic rings. The van der Waals surface area contributed by atoms with Crippen LogP contribution in [-0.2, 0) is 0 Å². The van der Waals surface area contributed by atoms with Crippen LogP contribution in [0.15, 0.2) is 133 Å². The number of aromatic nitrogens is 1. The van der Waals surface area contributed by atoms with Gasteiger partial charge in [-0.3, -0.25) is 0 Å². The standard InChI is InChI=1S/C37H22N2S/c38-23-27-14-9-18-32(35(27)26-13-8-12-25(22-26)24-10-2-1-3-11-24)39-31-17-6-4-16-30(31)36-33(39)21-20-29-28-15-5-7-19-34(28)40-37(29)36/h1-22H. The van der Waals surface area contributed by atoms with E-state index in [2.05, 4.69) is 126 Å². The van der Waals surface area contributed by atoms with Crippen molar-refractivity contribution < 1.29 is 0 Å². The van der Waals surface area contributed by atoms with Crippen LogP contribution in [0.2, 0.25) is 0 Å². The Morgan fingerprint density at radius 3 is 2.15 bits per heavy atom. The number of benzene rings is 6. The quantitative estimate of drug-likeness (QED) is 0.225. The van der Waals surface area contributed by atoms with Crippen molar-refractivity contribution >= 4 is 53.3 Å². The van der Waals surface area contributed by atoms with Crippen LogP contribution in [-0.4, -0.2) is 4.57 Å². The monoisotopic (exact) mass is 526 g/mol. The first-order valence-corrected chi connectivity index (χ1v) is 14.2. The molecule has 40 heavy (non-hydrogen) atoms. The third-order valence-corrected chi connectivity index (χ3v) is 9.05. The second kappa shape index (κ2) is 8.95. The van der Waals surface area contributed by atoms with Crippen molar-refractivity contribution in [2.45, 2.75) is 0 Å². The molecule has 0 saturated heterocycles. The van der Waals surface area contributed by atoms with Crippen LogP contribution >= 0.6 is 11.3 Å². The van der Waals surface area contributed by atoms with Gasteiger partial charge < -0.3 is 4.57 Å². The minimum absolute atomic E-state index is 0.664. The molecular formula is C37H22N2S. The van der Waals surface area contributed by atoms with Gasteiger partial charge in [-0.2, -0.15) is 5.26 Å². The Morgan fingerprint density at radius 1 is 0.550 bits per heavy atom. The van der Waals surface area contributed by atoms with E-state index in [9.17, 15) is 5.26 Å².